The van der Waals surface area contributed by atoms with Gasteiger partial charge in [-0.25, -0.2) is 0 Å². The second-order valence-corrected chi connectivity index (χ2v) is 5.45. The van der Waals surface area contributed by atoms with E-state index in [9.17, 15) is 0 Å². The predicted molar refractivity (Wildman–Crippen MR) is 82.5 cm³/mol. The maximum atomic E-state index is 6.28. The number of para-hydroxylation sites is 1. The van der Waals surface area contributed by atoms with E-state index in [2.05, 4.69) is 18.3 Å². The summed E-state index contributed by atoms with van der Waals surface area (Å²) in [5, 5.41) is 6.31. The Labute approximate surface area is 123 Å². The first kappa shape index (κ1) is 14.4. The van der Waals surface area contributed by atoms with Crippen LogP contribution < -0.4 is 10.1 Å². The molecule has 19 heavy (non-hydrogen) atoms. The van der Waals surface area contributed by atoms with Crippen molar-refractivity contribution in [2.24, 2.45) is 0 Å². The Bertz CT molecular complexity index is 526. The topological polar surface area (TPSA) is 21.3 Å². The molecule has 0 spiro atoms. The maximum Gasteiger partial charge on any atom is 0.124 e. The van der Waals surface area contributed by atoms with Gasteiger partial charge in [0.2, 0.25) is 0 Å². The van der Waals surface area contributed by atoms with E-state index in [0.29, 0.717) is 6.61 Å². The molecule has 1 aromatic heterocycles. The predicted octanol–water partition coefficient (Wildman–Crippen LogP) is 4.50. The van der Waals surface area contributed by atoms with Crippen LogP contribution in [0.5, 0.6) is 5.75 Å². The number of hydrogen-bond acceptors (Lipinski definition) is 3. The third-order valence-electron chi connectivity index (χ3n) is 2.85. The van der Waals surface area contributed by atoms with Gasteiger partial charge in [0.1, 0.15) is 5.75 Å². The molecule has 2 aromatic rings. The van der Waals surface area contributed by atoms with E-state index in [-0.39, 0.29) is 6.04 Å². The van der Waals surface area contributed by atoms with Crippen molar-refractivity contribution in [1.82, 2.24) is 5.32 Å². The Morgan fingerprint density at radius 1 is 1.26 bits per heavy atom. The maximum absolute atomic E-state index is 6.28. The Kier molecular flexibility index (Phi) is 5.25. The number of hydrogen-bond donors (Lipinski definition) is 1. The first-order chi connectivity index (χ1) is 9.27. The molecule has 0 radical (unpaired) electrons. The van der Waals surface area contributed by atoms with E-state index < -0.39 is 0 Å². The van der Waals surface area contributed by atoms with Crippen molar-refractivity contribution < 1.29 is 4.74 Å². The summed E-state index contributed by atoms with van der Waals surface area (Å²) < 4.78 is 5.72. The van der Waals surface area contributed by atoms with Gasteiger partial charge in [-0.1, -0.05) is 36.7 Å². The highest BCUT2D eigenvalue weighted by Crippen LogP contribution is 2.36. The molecule has 0 saturated heterocycles. The molecular formula is C15H18ClNOS. The van der Waals surface area contributed by atoms with Crippen molar-refractivity contribution in [3.8, 4) is 5.75 Å². The fourth-order valence-electron chi connectivity index (χ4n) is 2.07. The van der Waals surface area contributed by atoms with Gasteiger partial charge in [-0.05, 0) is 31.0 Å². The van der Waals surface area contributed by atoms with Crippen LogP contribution in [0, 0.1) is 0 Å². The molecule has 1 heterocycles. The first-order valence-corrected chi connectivity index (χ1v) is 7.71. The van der Waals surface area contributed by atoms with Gasteiger partial charge < -0.3 is 10.1 Å². The highest BCUT2D eigenvalue weighted by molar-refractivity contribution is 7.10. The molecule has 0 bridgehead atoms. The van der Waals surface area contributed by atoms with E-state index in [1.165, 1.54) is 0 Å². The number of rotatable bonds is 6. The molecule has 0 saturated carbocycles. The van der Waals surface area contributed by atoms with E-state index in [1.54, 1.807) is 11.3 Å². The van der Waals surface area contributed by atoms with Crippen molar-refractivity contribution in [2.45, 2.75) is 19.9 Å². The normalized spacial score (nSPS) is 12.4. The number of nitrogens with one attached hydrogen (secondary N) is 1. The van der Waals surface area contributed by atoms with Crippen molar-refractivity contribution in [3.05, 3.63) is 51.2 Å². The quantitative estimate of drug-likeness (QED) is 0.847. The fraction of sp³-hybridized carbons (Fsp3) is 0.333. The molecule has 1 atom stereocenters. The van der Waals surface area contributed by atoms with Gasteiger partial charge in [-0.15, -0.1) is 11.3 Å². The van der Waals surface area contributed by atoms with Crippen molar-refractivity contribution in [2.75, 3.05) is 13.2 Å². The van der Waals surface area contributed by atoms with Crippen molar-refractivity contribution in [1.29, 1.82) is 0 Å². The van der Waals surface area contributed by atoms with E-state index in [4.69, 9.17) is 16.3 Å². The zero-order chi connectivity index (χ0) is 13.7. The van der Waals surface area contributed by atoms with Crippen LogP contribution in [0.4, 0.5) is 0 Å². The summed E-state index contributed by atoms with van der Waals surface area (Å²) in [5.74, 6) is 0.917. The Balaban J connectivity index is 2.42. The molecule has 0 fully saturated rings. The zero-order valence-electron chi connectivity index (χ0n) is 11.2. The Morgan fingerprint density at radius 3 is 2.68 bits per heavy atom. The highest BCUT2D eigenvalue weighted by atomic mass is 35.5. The van der Waals surface area contributed by atoms with Crippen LogP contribution in [0.1, 0.15) is 30.3 Å². The Morgan fingerprint density at radius 2 is 2.05 bits per heavy atom. The van der Waals surface area contributed by atoms with Crippen LogP contribution in [0.2, 0.25) is 5.02 Å². The number of thiophene rings is 1. The molecule has 0 aliphatic rings. The van der Waals surface area contributed by atoms with Gasteiger partial charge in [0, 0.05) is 10.4 Å². The number of halogens is 1. The molecule has 1 aromatic carbocycles. The monoisotopic (exact) mass is 295 g/mol. The molecule has 4 heteroatoms. The van der Waals surface area contributed by atoms with Crippen molar-refractivity contribution in [3.63, 3.8) is 0 Å². The molecule has 0 aliphatic heterocycles. The minimum atomic E-state index is 0.0836. The molecule has 1 N–H and O–H groups in total. The summed E-state index contributed by atoms with van der Waals surface area (Å²) >= 11 is 7.95. The molecule has 2 rings (SSSR count). The first-order valence-electron chi connectivity index (χ1n) is 6.45. The van der Waals surface area contributed by atoms with Gasteiger partial charge in [0.05, 0.1) is 17.7 Å². The molecule has 0 aliphatic carbocycles. The molecule has 1 unspecified atom stereocenters. The summed E-state index contributed by atoms with van der Waals surface area (Å²) in [6.07, 6.45) is 0. The second kappa shape index (κ2) is 6.94. The summed E-state index contributed by atoms with van der Waals surface area (Å²) in [5.41, 5.74) is 1.13. The summed E-state index contributed by atoms with van der Waals surface area (Å²) in [6, 6.07) is 10.1. The summed E-state index contributed by atoms with van der Waals surface area (Å²) in [6.45, 7) is 5.63. The summed E-state index contributed by atoms with van der Waals surface area (Å²) in [4.78, 5) is 1.13. The summed E-state index contributed by atoms with van der Waals surface area (Å²) in [7, 11) is 0. The third-order valence-corrected chi connectivity index (χ3v) is 4.27. The van der Waals surface area contributed by atoms with Gasteiger partial charge >= 0.3 is 0 Å². The largest absolute Gasteiger partial charge is 0.494 e. The average molecular weight is 296 g/mol. The van der Waals surface area contributed by atoms with Crippen LogP contribution in [0.3, 0.4) is 0 Å². The minimum Gasteiger partial charge on any atom is -0.494 e. The van der Waals surface area contributed by atoms with E-state index in [1.807, 2.05) is 36.6 Å². The van der Waals surface area contributed by atoms with Crippen LogP contribution in [-0.4, -0.2) is 13.2 Å². The fourth-order valence-corrected chi connectivity index (χ4v) is 3.32. The van der Waals surface area contributed by atoms with Crippen LogP contribution in [0.15, 0.2) is 35.7 Å². The molecule has 102 valence electrons. The van der Waals surface area contributed by atoms with E-state index in [0.717, 1.165) is 27.8 Å². The lowest BCUT2D eigenvalue weighted by Crippen LogP contribution is -2.22. The van der Waals surface area contributed by atoms with Crippen LogP contribution >= 0.6 is 22.9 Å². The van der Waals surface area contributed by atoms with Gasteiger partial charge in [0.15, 0.2) is 0 Å². The number of benzene rings is 1. The smallest absolute Gasteiger partial charge is 0.124 e. The standard InChI is InChI=1S/C15H18ClNOS/c1-3-17-14(15-12(16)9-10-19-15)11-7-5-6-8-13(11)18-4-2/h5-10,14,17H,3-4H2,1-2H3. The SMILES string of the molecule is CCNC(c1ccccc1OCC)c1sccc1Cl. The highest BCUT2D eigenvalue weighted by Gasteiger charge is 2.20. The molecule has 2 nitrogen and oxygen atoms in total. The zero-order valence-corrected chi connectivity index (χ0v) is 12.7. The lowest BCUT2D eigenvalue weighted by atomic mass is 10.0. The molecule has 0 amide bonds. The van der Waals surface area contributed by atoms with Crippen LogP contribution in [-0.2, 0) is 0 Å². The van der Waals surface area contributed by atoms with Gasteiger partial charge in [0.25, 0.3) is 0 Å². The van der Waals surface area contributed by atoms with Crippen LogP contribution in [0.25, 0.3) is 0 Å². The third kappa shape index (κ3) is 3.30. The van der Waals surface area contributed by atoms with E-state index >= 15 is 0 Å². The lowest BCUT2D eigenvalue weighted by Gasteiger charge is -2.20. The minimum absolute atomic E-state index is 0.0836. The lowest BCUT2D eigenvalue weighted by molar-refractivity contribution is 0.334. The number of ether oxygens (including phenoxy) is 1. The van der Waals surface area contributed by atoms with Gasteiger partial charge in [-0.2, -0.15) is 0 Å². The Hall–Kier alpha value is -1.03. The average Bonchev–Trinajstić information content (AvgIpc) is 2.84. The second-order valence-electron chi connectivity index (χ2n) is 4.09. The molecular weight excluding hydrogens is 278 g/mol. The van der Waals surface area contributed by atoms with Crippen molar-refractivity contribution >= 4 is 22.9 Å². The van der Waals surface area contributed by atoms with Gasteiger partial charge in [-0.3, -0.25) is 0 Å².